The molecular weight excluding hydrogens is 218 g/mol. The lowest BCUT2D eigenvalue weighted by atomic mass is 10.1. The number of carbonyl (C=O) groups is 1. The first-order valence-corrected chi connectivity index (χ1v) is 5.24. The van der Waals surface area contributed by atoms with Gasteiger partial charge in [-0.25, -0.2) is 0 Å². The van der Waals surface area contributed by atoms with Crippen molar-refractivity contribution in [3.8, 4) is 0 Å². The molecule has 5 nitrogen and oxygen atoms in total. The first kappa shape index (κ1) is 10.3. The zero-order chi connectivity index (χ0) is 11.0. The molecule has 1 aliphatic rings. The summed E-state index contributed by atoms with van der Waals surface area (Å²) in [7, 11) is 0. The van der Waals surface area contributed by atoms with E-state index in [0.717, 1.165) is 11.3 Å². The van der Waals surface area contributed by atoms with E-state index < -0.39 is 5.38 Å². The Morgan fingerprint density at radius 1 is 1.53 bits per heavy atom. The molecule has 6 heteroatoms. The van der Waals surface area contributed by atoms with Crippen molar-refractivity contribution in [2.24, 2.45) is 0 Å². The number of aromatic amines is 2. The molecule has 1 unspecified atom stereocenters. The molecular formula is C9H12ClN3O2. The highest BCUT2D eigenvalue weighted by Crippen LogP contribution is 2.15. The van der Waals surface area contributed by atoms with Gasteiger partial charge in [-0.3, -0.25) is 14.7 Å². The summed E-state index contributed by atoms with van der Waals surface area (Å²) in [4.78, 5) is 24.5. The van der Waals surface area contributed by atoms with Crippen LogP contribution < -0.4 is 5.56 Å². The summed E-state index contributed by atoms with van der Waals surface area (Å²) in [5, 5.41) is 4.78. The highest BCUT2D eigenvalue weighted by Gasteiger charge is 2.25. The fraction of sp³-hybridized carbons (Fsp3) is 0.556. The largest absolute Gasteiger partial charge is 0.335 e. The summed E-state index contributed by atoms with van der Waals surface area (Å²) in [6.07, 6.45) is 0.587. The Morgan fingerprint density at radius 3 is 2.93 bits per heavy atom. The quantitative estimate of drug-likeness (QED) is 0.677. The monoisotopic (exact) mass is 229 g/mol. The second-order valence-electron chi connectivity index (χ2n) is 3.66. The Morgan fingerprint density at radius 2 is 2.27 bits per heavy atom. The lowest BCUT2D eigenvalue weighted by Gasteiger charge is -2.27. The average molecular weight is 230 g/mol. The van der Waals surface area contributed by atoms with E-state index in [1.165, 1.54) is 0 Å². The Hall–Kier alpha value is -1.23. The molecule has 0 spiro atoms. The number of nitrogens with zero attached hydrogens (tertiary/aromatic N) is 1. The van der Waals surface area contributed by atoms with Crippen LogP contribution in [0.15, 0.2) is 4.79 Å². The number of hydrogen-bond donors (Lipinski definition) is 2. The summed E-state index contributed by atoms with van der Waals surface area (Å²) in [5.74, 6) is -0.0932. The normalized spacial score (nSPS) is 17.3. The highest BCUT2D eigenvalue weighted by molar-refractivity contribution is 6.30. The van der Waals surface area contributed by atoms with Gasteiger partial charge in [-0.15, -0.1) is 11.6 Å². The molecule has 0 bridgehead atoms. The SMILES string of the molecule is CC(Cl)C(=O)N1CCc2c([nH][nH]c2=O)C1. The van der Waals surface area contributed by atoms with E-state index >= 15 is 0 Å². The molecule has 0 aromatic carbocycles. The maximum absolute atomic E-state index is 11.6. The van der Waals surface area contributed by atoms with Crippen molar-refractivity contribution < 1.29 is 4.79 Å². The molecule has 82 valence electrons. The van der Waals surface area contributed by atoms with Crippen molar-refractivity contribution in [3.63, 3.8) is 0 Å². The number of H-pyrrole nitrogens is 2. The number of alkyl halides is 1. The fourth-order valence-corrected chi connectivity index (χ4v) is 1.91. The van der Waals surface area contributed by atoms with Crippen LogP contribution in [0.1, 0.15) is 18.2 Å². The van der Waals surface area contributed by atoms with Gasteiger partial charge in [0.05, 0.1) is 12.2 Å². The van der Waals surface area contributed by atoms with E-state index in [2.05, 4.69) is 10.2 Å². The van der Waals surface area contributed by atoms with Gasteiger partial charge in [0.2, 0.25) is 5.91 Å². The van der Waals surface area contributed by atoms with Crippen LogP contribution in [0.2, 0.25) is 0 Å². The summed E-state index contributed by atoms with van der Waals surface area (Å²) >= 11 is 5.72. The van der Waals surface area contributed by atoms with Crippen molar-refractivity contribution in [1.29, 1.82) is 0 Å². The molecule has 2 rings (SSSR count). The fourth-order valence-electron chi connectivity index (χ4n) is 1.78. The second-order valence-corrected chi connectivity index (χ2v) is 4.32. The number of halogens is 1. The Kier molecular flexibility index (Phi) is 2.56. The third-order valence-corrected chi connectivity index (χ3v) is 2.78. The van der Waals surface area contributed by atoms with Crippen LogP contribution in [-0.4, -0.2) is 32.9 Å². The lowest BCUT2D eigenvalue weighted by molar-refractivity contribution is -0.131. The number of carbonyl (C=O) groups excluding carboxylic acids is 1. The van der Waals surface area contributed by atoms with E-state index in [4.69, 9.17) is 11.6 Å². The summed E-state index contributed by atoms with van der Waals surface area (Å²) in [5.41, 5.74) is 1.45. The summed E-state index contributed by atoms with van der Waals surface area (Å²) < 4.78 is 0. The third-order valence-electron chi connectivity index (χ3n) is 2.60. The van der Waals surface area contributed by atoms with Gasteiger partial charge in [0.25, 0.3) is 5.56 Å². The van der Waals surface area contributed by atoms with E-state index in [1.807, 2.05) is 0 Å². The minimum atomic E-state index is -0.516. The number of amides is 1. The molecule has 0 aliphatic carbocycles. The molecule has 1 aromatic heterocycles. The van der Waals surface area contributed by atoms with Crippen LogP contribution in [0.25, 0.3) is 0 Å². The van der Waals surface area contributed by atoms with Crippen molar-refractivity contribution in [2.45, 2.75) is 25.3 Å². The molecule has 1 aliphatic heterocycles. The Bertz CT molecular complexity index is 435. The van der Waals surface area contributed by atoms with Gasteiger partial charge in [0.15, 0.2) is 0 Å². The number of fused-ring (bicyclic) bond motifs is 1. The summed E-state index contributed by atoms with van der Waals surface area (Å²) in [6, 6.07) is 0. The van der Waals surface area contributed by atoms with Crippen LogP contribution in [0.3, 0.4) is 0 Å². The summed E-state index contributed by atoms with van der Waals surface area (Å²) in [6.45, 7) is 2.65. The van der Waals surface area contributed by atoms with E-state index in [1.54, 1.807) is 11.8 Å². The molecule has 1 amide bonds. The maximum Gasteiger partial charge on any atom is 0.267 e. The smallest absolute Gasteiger partial charge is 0.267 e. The van der Waals surface area contributed by atoms with Crippen LogP contribution in [-0.2, 0) is 17.8 Å². The molecule has 0 radical (unpaired) electrons. The van der Waals surface area contributed by atoms with Gasteiger partial charge >= 0.3 is 0 Å². The van der Waals surface area contributed by atoms with E-state index in [-0.39, 0.29) is 11.5 Å². The van der Waals surface area contributed by atoms with Crippen LogP contribution in [0, 0.1) is 0 Å². The van der Waals surface area contributed by atoms with Crippen LogP contribution in [0.4, 0.5) is 0 Å². The molecule has 15 heavy (non-hydrogen) atoms. The molecule has 2 N–H and O–H groups in total. The topological polar surface area (TPSA) is 69.0 Å². The van der Waals surface area contributed by atoms with Crippen LogP contribution in [0.5, 0.6) is 0 Å². The Labute approximate surface area is 91.4 Å². The zero-order valence-electron chi connectivity index (χ0n) is 8.34. The second kappa shape index (κ2) is 3.73. The number of hydrogen-bond acceptors (Lipinski definition) is 2. The van der Waals surface area contributed by atoms with Gasteiger partial charge in [-0.05, 0) is 13.3 Å². The first-order valence-electron chi connectivity index (χ1n) is 4.81. The Balaban J connectivity index is 2.19. The first-order chi connectivity index (χ1) is 7.09. The van der Waals surface area contributed by atoms with Crippen molar-refractivity contribution in [1.82, 2.24) is 15.1 Å². The van der Waals surface area contributed by atoms with Gasteiger partial charge in [0.1, 0.15) is 5.38 Å². The molecule has 0 fully saturated rings. The maximum atomic E-state index is 11.6. The van der Waals surface area contributed by atoms with Crippen molar-refractivity contribution in [2.75, 3.05) is 6.54 Å². The van der Waals surface area contributed by atoms with Crippen molar-refractivity contribution in [3.05, 3.63) is 21.6 Å². The van der Waals surface area contributed by atoms with Gasteiger partial charge < -0.3 is 10.00 Å². The predicted molar refractivity (Wildman–Crippen MR) is 55.8 cm³/mol. The third kappa shape index (κ3) is 1.79. The minimum absolute atomic E-state index is 0.0870. The van der Waals surface area contributed by atoms with E-state index in [9.17, 15) is 9.59 Å². The van der Waals surface area contributed by atoms with Gasteiger partial charge in [-0.2, -0.15) is 0 Å². The zero-order valence-corrected chi connectivity index (χ0v) is 9.10. The standard InChI is InChI=1S/C9H12ClN3O2/c1-5(10)9(15)13-3-2-6-7(4-13)11-12-8(6)14/h5H,2-4H2,1H3,(H2,11,12,14). The molecule has 1 aromatic rings. The molecule has 0 saturated heterocycles. The number of aromatic nitrogens is 2. The number of nitrogens with one attached hydrogen (secondary N) is 2. The molecule has 1 atom stereocenters. The van der Waals surface area contributed by atoms with E-state index in [0.29, 0.717) is 19.5 Å². The molecule has 0 saturated carbocycles. The molecule has 2 heterocycles. The predicted octanol–water partition coefficient (Wildman–Crippen LogP) is 0.215. The van der Waals surface area contributed by atoms with Crippen molar-refractivity contribution >= 4 is 17.5 Å². The van der Waals surface area contributed by atoms with Crippen LogP contribution >= 0.6 is 11.6 Å². The highest BCUT2D eigenvalue weighted by atomic mass is 35.5. The van der Waals surface area contributed by atoms with Gasteiger partial charge in [-0.1, -0.05) is 0 Å². The average Bonchev–Trinajstić information content (AvgIpc) is 2.59. The number of rotatable bonds is 1. The lowest BCUT2D eigenvalue weighted by Crippen LogP contribution is -2.40. The van der Waals surface area contributed by atoms with Gasteiger partial charge in [0, 0.05) is 12.1 Å². The minimum Gasteiger partial charge on any atom is -0.335 e.